The first kappa shape index (κ1) is 19.1. The van der Waals surface area contributed by atoms with Gasteiger partial charge in [-0.25, -0.2) is 0 Å². The van der Waals surface area contributed by atoms with Gasteiger partial charge in [-0.3, -0.25) is 15.0 Å². The van der Waals surface area contributed by atoms with Gasteiger partial charge < -0.3 is 26.8 Å². The Morgan fingerprint density at radius 1 is 1.37 bits per heavy atom. The molecule has 1 amide bonds. The molecule has 27 heavy (non-hydrogen) atoms. The van der Waals surface area contributed by atoms with Gasteiger partial charge >= 0.3 is 0 Å². The zero-order chi connectivity index (χ0) is 18.8. The summed E-state index contributed by atoms with van der Waals surface area (Å²) in [5, 5.41) is 20.1. The second-order valence-electron chi connectivity index (χ2n) is 8.37. The van der Waals surface area contributed by atoms with Crippen LogP contribution >= 0.6 is 0 Å². The van der Waals surface area contributed by atoms with Crippen LogP contribution in [-0.2, 0) is 4.79 Å². The Kier molecular flexibility index (Phi) is 5.92. The van der Waals surface area contributed by atoms with E-state index in [1.54, 1.807) is 0 Å². The minimum atomic E-state index is -0.500. The number of amides is 1. The van der Waals surface area contributed by atoms with E-state index in [1.165, 1.54) is 12.8 Å². The highest BCUT2D eigenvalue weighted by Gasteiger charge is 2.45. The highest BCUT2D eigenvalue weighted by molar-refractivity contribution is 5.81. The number of likely N-dealkylation sites (tertiary alicyclic amines) is 1. The van der Waals surface area contributed by atoms with Crippen LogP contribution in [0.4, 0.5) is 0 Å². The minimum Gasteiger partial charge on any atom is -0.436 e. The molecule has 0 aromatic rings. The van der Waals surface area contributed by atoms with E-state index in [-0.39, 0.29) is 30.0 Å². The fraction of sp³-hybridized carbons (Fsp3) is 0.889. The summed E-state index contributed by atoms with van der Waals surface area (Å²) in [5.41, 5.74) is 10.8. The Balaban J connectivity index is 1.39. The van der Waals surface area contributed by atoms with E-state index in [1.807, 2.05) is 0 Å². The van der Waals surface area contributed by atoms with Crippen LogP contribution in [0.25, 0.3) is 5.43 Å². The van der Waals surface area contributed by atoms with Crippen LogP contribution in [0.1, 0.15) is 25.7 Å². The fourth-order valence-electron chi connectivity index (χ4n) is 5.20. The first-order valence-electron chi connectivity index (χ1n) is 10.3. The third kappa shape index (κ3) is 3.97. The summed E-state index contributed by atoms with van der Waals surface area (Å²) in [4.78, 5) is 15.7. The molecule has 0 bridgehead atoms. The van der Waals surface area contributed by atoms with Gasteiger partial charge in [-0.1, -0.05) is 0 Å². The van der Waals surface area contributed by atoms with Gasteiger partial charge in [0.25, 0.3) is 0 Å². The molecule has 0 spiro atoms. The SMILES string of the molecule is N#CCC1CNC2C(C(=O)NC3CNCCC3N3CCCC3)C(N)[N-][NH+]2C1. The lowest BCUT2D eigenvalue weighted by atomic mass is 9.95. The molecular weight excluding hydrogens is 344 g/mol. The monoisotopic (exact) mass is 376 g/mol. The van der Waals surface area contributed by atoms with Crippen LogP contribution in [0.3, 0.4) is 0 Å². The predicted molar refractivity (Wildman–Crippen MR) is 100 cm³/mol. The molecule has 4 aliphatic heterocycles. The van der Waals surface area contributed by atoms with Crippen LogP contribution in [0.2, 0.25) is 0 Å². The van der Waals surface area contributed by atoms with Crippen LogP contribution < -0.4 is 26.7 Å². The summed E-state index contributed by atoms with van der Waals surface area (Å²) < 4.78 is 0. The van der Waals surface area contributed by atoms with Gasteiger partial charge in [-0.2, -0.15) is 5.26 Å². The predicted octanol–water partition coefficient (Wildman–Crippen LogP) is -2.52. The Hall–Kier alpha value is -1.28. The van der Waals surface area contributed by atoms with Crippen molar-refractivity contribution in [2.24, 2.45) is 17.6 Å². The third-order valence-corrected chi connectivity index (χ3v) is 6.59. The molecule has 9 heteroatoms. The molecule has 4 saturated heterocycles. The van der Waals surface area contributed by atoms with E-state index in [0.717, 1.165) is 50.7 Å². The zero-order valence-electron chi connectivity index (χ0n) is 15.9. The number of hydrogen-bond donors (Lipinski definition) is 5. The van der Waals surface area contributed by atoms with Crippen molar-refractivity contribution >= 4 is 5.91 Å². The normalized spacial score (nSPS) is 42.4. The van der Waals surface area contributed by atoms with E-state index in [4.69, 9.17) is 11.0 Å². The highest BCUT2D eigenvalue weighted by atomic mass is 16.2. The number of piperidine rings is 1. The molecule has 4 aliphatic rings. The molecule has 9 nitrogen and oxygen atoms in total. The molecule has 0 aromatic carbocycles. The molecular formula is C18H32N8O. The number of nitrogens with two attached hydrogens (primary N) is 1. The van der Waals surface area contributed by atoms with Gasteiger partial charge in [0.2, 0.25) is 5.91 Å². The number of carbonyl (C=O) groups excluding carboxylic acids is 1. The standard InChI is InChI=1S/C18H32N8O/c19-5-3-12-9-22-17-15(16(20)24-26(17)11-12)18(27)23-13-10-21-6-4-14(13)25-7-1-2-8-25/h12-17,21-22,26H,1-4,6-11,20H2,(H,23,27). The topological polar surface area (TPSA) is 125 Å². The van der Waals surface area contributed by atoms with Crippen LogP contribution in [0.5, 0.6) is 0 Å². The minimum absolute atomic E-state index is 0.00961. The number of rotatable bonds is 4. The average Bonchev–Trinajstić information content (AvgIpc) is 3.29. The van der Waals surface area contributed by atoms with Crippen LogP contribution in [0, 0.1) is 23.2 Å². The van der Waals surface area contributed by atoms with E-state index >= 15 is 0 Å². The van der Waals surface area contributed by atoms with Gasteiger partial charge in [-0.05, 0) is 45.1 Å². The molecule has 0 radical (unpaired) electrons. The summed E-state index contributed by atoms with van der Waals surface area (Å²) in [6.45, 7) is 5.60. The quantitative estimate of drug-likeness (QED) is 0.369. The van der Waals surface area contributed by atoms with Crippen LogP contribution in [-0.4, -0.2) is 74.5 Å². The van der Waals surface area contributed by atoms with Gasteiger partial charge in [0.05, 0.1) is 18.7 Å². The van der Waals surface area contributed by atoms with Crippen molar-refractivity contribution in [1.82, 2.24) is 20.9 Å². The van der Waals surface area contributed by atoms with Gasteiger partial charge in [0.15, 0.2) is 0 Å². The largest absolute Gasteiger partial charge is 0.436 e. The second kappa shape index (κ2) is 8.39. The number of carbonyl (C=O) groups is 1. The van der Waals surface area contributed by atoms with Crippen molar-refractivity contribution < 1.29 is 9.80 Å². The van der Waals surface area contributed by atoms with E-state index in [2.05, 4.69) is 32.3 Å². The number of nitriles is 1. The average molecular weight is 377 g/mol. The molecule has 0 aromatic heterocycles. The van der Waals surface area contributed by atoms with Crippen molar-refractivity contribution in [2.45, 2.75) is 50.1 Å². The lowest BCUT2D eigenvalue weighted by Crippen LogP contribution is -3.15. The molecule has 4 fully saturated rings. The lowest BCUT2D eigenvalue weighted by Gasteiger charge is -2.40. The molecule has 7 unspecified atom stereocenters. The maximum absolute atomic E-state index is 13.1. The maximum Gasteiger partial charge on any atom is 0.230 e. The molecule has 150 valence electrons. The van der Waals surface area contributed by atoms with Gasteiger partial charge in [-0.15, -0.1) is 0 Å². The summed E-state index contributed by atoms with van der Waals surface area (Å²) in [5.74, 6) is -0.0827. The number of quaternary nitrogens is 1. The van der Waals surface area contributed by atoms with E-state index in [9.17, 15) is 4.79 Å². The Bertz CT molecular complexity index is 574. The van der Waals surface area contributed by atoms with Crippen molar-refractivity contribution in [3.63, 3.8) is 0 Å². The molecule has 6 N–H and O–H groups in total. The first-order chi connectivity index (χ1) is 13.2. The zero-order valence-corrected chi connectivity index (χ0v) is 15.9. The molecule has 4 rings (SSSR count). The number of hydrogen-bond acceptors (Lipinski definition) is 6. The first-order valence-corrected chi connectivity index (χ1v) is 10.3. The molecule has 4 heterocycles. The smallest absolute Gasteiger partial charge is 0.230 e. The number of nitrogens with zero attached hydrogens (tertiary/aromatic N) is 3. The highest BCUT2D eigenvalue weighted by Crippen LogP contribution is 2.22. The van der Waals surface area contributed by atoms with Crippen LogP contribution in [0.15, 0.2) is 0 Å². The fourth-order valence-corrected chi connectivity index (χ4v) is 5.20. The third-order valence-electron chi connectivity index (χ3n) is 6.59. The Morgan fingerprint density at radius 3 is 2.96 bits per heavy atom. The Morgan fingerprint density at radius 2 is 2.19 bits per heavy atom. The summed E-state index contributed by atoms with van der Waals surface area (Å²) in [6.07, 6.45) is 3.50. The molecule has 7 atom stereocenters. The van der Waals surface area contributed by atoms with E-state index in [0.29, 0.717) is 12.5 Å². The van der Waals surface area contributed by atoms with Crippen molar-refractivity contribution in [2.75, 3.05) is 39.3 Å². The second-order valence-corrected chi connectivity index (χ2v) is 8.37. The van der Waals surface area contributed by atoms with Crippen molar-refractivity contribution in [1.29, 1.82) is 5.26 Å². The summed E-state index contributed by atoms with van der Waals surface area (Å²) in [6, 6.07) is 2.76. The van der Waals surface area contributed by atoms with Gasteiger partial charge in [0.1, 0.15) is 12.1 Å². The lowest BCUT2D eigenvalue weighted by molar-refractivity contribution is -0.893. The molecule has 0 saturated carbocycles. The van der Waals surface area contributed by atoms with Gasteiger partial charge in [0, 0.05) is 31.5 Å². The maximum atomic E-state index is 13.1. The van der Waals surface area contributed by atoms with Crippen molar-refractivity contribution in [3.05, 3.63) is 5.43 Å². The van der Waals surface area contributed by atoms with Crippen molar-refractivity contribution in [3.8, 4) is 6.07 Å². The number of nitrogens with one attached hydrogen (secondary N) is 4. The Labute approximate surface area is 161 Å². The summed E-state index contributed by atoms with van der Waals surface area (Å²) >= 11 is 0. The molecule has 0 aliphatic carbocycles. The number of fused-ring (bicyclic) bond motifs is 1. The summed E-state index contributed by atoms with van der Waals surface area (Å²) in [7, 11) is 0. The van der Waals surface area contributed by atoms with E-state index < -0.39 is 6.17 Å².